The number of aromatic nitrogens is 4. The molecule has 0 aliphatic carbocycles. The summed E-state index contributed by atoms with van der Waals surface area (Å²) in [7, 11) is -0.913. The Morgan fingerprint density at radius 2 is 1.73 bits per heavy atom. The van der Waals surface area contributed by atoms with Crippen LogP contribution in [0.3, 0.4) is 0 Å². The lowest BCUT2D eigenvalue weighted by Crippen LogP contribution is -2.25. The second-order valence-electron chi connectivity index (χ2n) is 5.01. The smallest absolute Gasteiger partial charge is 0.290 e. The Kier molecular flexibility index (Phi) is 4.96. The Labute approximate surface area is 128 Å². The van der Waals surface area contributed by atoms with E-state index in [-0.39, 0.29) is 24.0 Å². The van der Waals surface area contributed by atoms with Crippen LogP contribution in [0, 0.1) is 0 Å². The fraction of sp³-hybridized carbons (Fsp3) is 0.462. The van der Waals surface area contributed by atoms with Crippen LogP contribution in [0.4, 0.5) is 0 Å². The van der Waals surface area contributed by atoms with Crippen LogP contribution in [0.1, 0.15) is 18.9 Å². The third-order valence-electron chi connectivity index (χ3n) is 3.61. The number of sulfone groups is 1. The van der Waals surface area contributed by atoms with Crippen LogP contribution < -0.4 is 0 Å². The summed E-state index contributed by atoms with van der Waals surface area (Å²) in [5.74, 6) is 2.13. The van der Waals surface area contributed by atoms with E-state index >= 15 is 0 Å². The van der Waals surface area contributed by atoms with E-state index in [9.17, 15) is 8.42 Å². The molecule has 0 aromatic carbocycles. The molecule has 1 aliphatic rings. The topological polar surface area (TPSA) is 107 Å². The molecular weight excluding hydrogens is 308 g/mol. The van der Waals surface area contributed by atoms with Crippen molar-refractivity contribution in [2.45, 2.75) is 18.9 Å². The number of hydrogen-bond donors (Lipinski definition) is 1. The van der Waals surface area contributed by atoms with Crippen molar-refractivity contribution in [1.82, 2.24) is 19.1 Å². The molecule has 0 saturated carbocycles. The Balaban J connectivity index is 0.000000545. The fourth-order valence-corrected chi connectivity index (χ4v) is 3.98. The van der Waals surface area contributed by atoms with E-state index in [2.05, 4.69) is 14.5 Å². The molecule has 1 N–H and O–H groups in total. The number of rotatable bonds is 2. The minimum Gasteiger partial charge on any atom is -0.483 e. The summed E-state index contributed by atoms with van der Waals surface area (Å²) in [6.45, 7) is -0.250. The van der Waals surface area contributed by atoms with Crippen molar-refractivity contribution in [2.24, 2.45) is 7.05 Å². The number of aryl methyl sites for hydroxylation is 1. The molecule has 0 spiro atoms. The van der Waals surface area contributed by atoms with E-state index in [0.29, 0.717) is 12.8 Å². The first kappa shape index (κ1) is 16.2. The molecule has 120 valence electrons. The van der Waals surface area contributed by atoms with Gasteiger partial charge >= 0.3 is 0 Å². The molecule has 3 heterocycles. The highest BCUT2D eigenvalue weighted by Gasteiger charge is 2.26. The molecule has 1 fully saturated rings. The SMILES string of the molecule is Cn1ccnc1-c1nccn1C1CCS(=O)(=O)CC1.O=CO. The summed E-state index contributed by atoms with van der Waals surface area (Å²) < 4.78 is 27.0. The van der Waals surface area contributed by atoms with E-state index in [1.807, 2.05) is 24.0 Å². The second kappa shape index (κ2) is 6.73. The fourth-order valence-electron chi connectivity index (χ4n) is 2.52. The maximum atomic E-state index is 11.5. The first-order valence-corrected chi connectivity index (χ1v) is 8.59. The molecular formula is C13H18N4O4S. The van der Waals surface area contributed by atoms with Gasteiger partial charge in [-0.25, -0.2) is 18.4 Å². The van der Waals surface area contributed by atoms with Gasteiger partial charge in [-0.2, -0.15) is 0 Å². The quantitative estimate of drug-likeness (QED) is 0.815. The van der Waals surface area contributed by atoms with Crippen LogP contribution in [-0.4, -0.2) is 50.6 Å². The van der Waals surface area contributed by atoms with E-state index in [4.69, 9.17) is 9.90 Å². The maximum absolute atomic E-state index is 11.5. The zero-order valence-corrected chi connectivity index (χ0v) is 13.0. The molecule has 9 heteroatoms. The normalized spacial score (nSPS) is 17.5. The average Bonchev–Trinajstić information content (AvgIpc) is 3.08. The van der Waals surface area contributed by atoms with E-state index < -0.39 is 9.84 Å². The average molecular weight is 326 g/mol. The lowest BCUT2D eigenvalue weighted by atomic mass is 10.1. The van der Waals surface area contributed by atoms with Crippen molar-refractivity contribution in [2.75, 3.05) is 11.5 Å². The van der Waals surface area contributed by atoms with Crippen molar-refractivity contribution < 1.29 is 18.3 Å². The highest BCUT2D eigenvalue weighted by Crippen LogP contribution is 2.28. The first-order valence-electron chi connectivity index (χ1n) is 6.77. The maximum Gasteiger partial charge on any atom is 0.290 e. The predicted octanol–water partition coefficient (Wildman–Crippen LogP) is 0.734. The van der Waals surface area contributed by atoms with Crippen LogP contribution >= 0.6 is 0 Å². The van der Waals surface area contributed by atoms with E-state index in [1.165, 1.54) is 0 Å². The summed E-state index contributed by atoms with van der Waals surface area (Å²) >= 11 is 0. The zero-order chi connectivity index (χ0) is 16.2. The highest BCUT2D eigenvalue weighted by molar-refractivity contribution is 7.91. The molecule has 0 bridgehead atoms. The Hall–Kier alpha value is -2.16. The van der Waals surface area contributed by atoms with Crippen LogP contribution in [-0.2, 0) is 21.7 Å². The largest absolute Gasteiger partial charge is 0.483 e. The summed E-state index contributed by atoms with van der Waals surface area (Å²) in [5.41, 5.74) is 0. The van der Waals surface area contributed by atoms with Gasteiger partial charge in [0.2, 0.25) is 0 Å². The molecule has 2 aromatic heterocycles. The minimum atomic E-state index is -2.84. The van der Waals surface area contributed by atoms with Gasteiger partial charge in [0.15, 0.2) is 11.6 Å². The molecule has 3 rings (SSSR count). The molecule has 0 amide bonds. The predicted molar refractivity (Wildman–Crippen MR) is 80.0 cm³/mol. The van der Waals surface area contributed by atoms with Gasteiger partial charge in [-0.3, -0.25) is 4.79 Å². The van der Waals surface area contributed by atoms with Crippen molar-refractivity contribution in [1.29, 1.82) is 0 Å². The van der Waals surface area contributed by atoms with Crippen LogP contribution in [0.25, 0.3) is 11.6 Å². The number of carboxylic acid groups (broad SMARTS) is 1. The molecule has 0 unspecified atom stereocenters. The van der Waals surface area contributed by atoms with E-state index in [0.717, 1.165) is 11.6 Å². The third-order valence-corrected chi connectivity index (χ3v) is 5.32. The summed E-state index contributed by atoms with van der Waals surface area (Å²) in [6, 6.07) is 0.192. The molecule has 0 atom stereocenters. The molecule has 1 aliphatic heterocycles. The Bertz CT molecular complexity index is 721. The van der Waals surface area contributed by atoms with Crippen LogP contribution in [0.15, 0.2) is 24.8 Å². The lowest BCUT2D eigenvalue weighted by Gasteiger charge is -2.24. The van der Waals surface area contributed by atoms with Gasteiger partial charge in [0.1, 0.15) is 9.84 Å². The molecule has 22 heavy (non-hydrogen) atoms. The number of nitrogens with zero attached hydrogens (tertiary/aromatic N) is 4. The molecule has 2 aromatic rings. The third kappa shape index (κ3) is 3.53. The monoisotopic (exact) mass is 326 g/mol. The minimum absolute atomic E-state index is 0.192. The number of hydrogen-bond acceptors (Lipinski definition) is 5. The van der Waals surface area contributed by atoms with Gasteiger partial charge in [-0.1, -0.05) is 0 Å². The molecule has 0 radical (unpaired) electrons. The molecule has 1 saturated heterocycles. The van der Waals surface area contributed by atoms with Gasteiger partial charge in [0.25, 0.3) is 6.47 Å². The zero-order valence-electron chi connectivity index (χ0n) is 12.2. The van der Waals surface area contributed by atoms with Crippen molar-refractivity contribution >= 4 is 16.3 Å². The van der Waals surface area contributed by atoms with Crippen LogP contribution in [0.5, 0.6) is 0 Å². The highest BCUT2D eigenvalue weighted by atomic mass is 32.2. The van der Waals surface area contributed by atoms with Gasteiger partial charge in [0, 0.05) is 37.9 Å². The van der Waals surface area contributed by atoms with Crippen molar-refractivity contribution in [3.8, 4) is 11.6 Å². The van der Waals surface area contributed by atoms with Gasteiger partial charge in [0.05, 0.1) is 11.5 Å². The van der Waals surface area contributed by atoms with Gasteiger partial charge < -0.3 is 14.2 Å². The van der Waals surface area contributed by atoms with Crippen LogP contribution in [0.2, 0.25) is 0 Å². The second-order valence-corrected chi connectivity index (χ2v) is 7.31. The van der Waals surface area contributed by atoms with E-state index in [1.54, 1.807) is 12.4 Å². The van der Waals surface area contributed by atoms with Crippen molar-refractivity contribution in [3.05, 3.63) is 24.8 Å². The summed E-state index contributed by atoms with van der Waals surface area (Å²) in [5, 5.41) is 6.89. The first-order chi connectivity index (χ1) is 10.5. The van der Waals surface area contributed by atoms with Gasteiger partial charge in [-0.05, 0) is 12.8 Å². The summed E-state index contributed by atoms with van der Waals surface area (Å²) in [4.78, 5) is 17.0. The van der Waals surface area contributed by atoms with Crippen molar-refractivity contribution in [3.63, 3.8) is 0 Å². The summed E-state index contributed by atoms with van der Waals surface area (Å²) in [6.07, 6.45) is 8.56. The number of imidazole rings is 2. The molecule has 8 nitrogen and oxygen atoms in total. The van der Waals surface area contributed by atoms with Gasteiger partial charge in [-0.15, -0.1) is 0 Å². The lowest BCUT2D eigenvalue weighted by molar-refractivity contribution is -0.122. The Morgan fingerprint density at radius 3 is 2.27 bits per heavy atom. The Morgan fingerprint density at radius 1 is 1.18 bits per heavy atom. The number of carbonyl (C=O) groups is 1. The standard InChI is InChI=1S/C12H16N4O2S.CH2O2/c1-15-6-4-13-11(15)12-14-5-7-16(12)10-2-8-19(17,18)9-3-10;2-1-3/h4-7,10H,2-3,8-9H2,1H3;1H,(H,2,3).